The van der Waals surface area contributed by atoms with Crippen molar-refractivity contribution in [3.05, 3.63) is 76.0 Å². The fourth-order valence-electron chi connectivity index (χ4n) is 4.97. The first kappa shape index (κ1) is 19.6. The van der Waals surface area contributed by atoms with Crippen LogP contribution in [-0.2, 0) is 9.59 Å². The van der Waals surface area contributed by atoms with Gasteiger partial charge in [-0.3, -0.25) is 14.5 Å². The molecule has 2 aliphatic rings. The van der Waals surface area contributed by atoms with E-state index in [1.165, 1.54) is 0 Å². The van der Waals surface area contributed by atoms with Gasteiger partial charge in [0.2, 0.25) is 5.91 Å². The van der Waals surface area contributed by atoms with Crippen molar-refractivity contribution >= 4 is 17.4 Å². The maximum absolute atomic E-state index is 13.4. The van der Waals surface area contributed by atoms with Crippen molar-refractivity contribution in [2.24, 2.45) is 5.41 Å². The second-order valence-corrected chi connectivity index (χ2v) is 9.55. The lowest BCUT2D eigenvalue weighted by atomic mass is 9.69. The van der Waals surface area contributed by atoms with E-state index in [1.54, 1.807) is 0 Å². The number of allylic oxidation sites excluding steroid dienone is 2. The third kappa shape index (κ3) is 3.66. The van der Waals surface area contributed by atoms with Crippen molar-refractivity contribution in [1.82, 2.24) is 0 Å². The van der Waals surface area contributed by atoms with Gasteiger partial charge in [-0.15, -0.1) is 0 Å². The maximum Gasteiger partial charge on any atom is 0.232 e. The minimum atomic E-state index is -0.151. The van der Waals surface area contributed by atoms with Crippen LogP contribution in [0.3, 0.4) is 0 Å². The topological polar surface area (TPSA) is 37.4 Å². The number of nitrogens with zero attached hydrogens (tertiary/aromatic N) is 1. The molecule has 0 aromatic heterocycles. The molecule has 0 bridgehead atoms. The largest absolute Gasteiger partial charge is 0.294 e. The zero-order chi connectivity index (χ0) is 20.9. The van der Waals surface area contributed by atoms with Crippen molar-refractivity contribution in [2.75, 3.05) is 4.90 Å². The molecular weight excluding hydrogens is 358 g/mol. The molecule has 2 aromatic rings. The number of carbonyl (C=O) groups is 2. The lowest BCUT2D eigenvalue weighted by molar-refractivity contribution is -0.121. The standard InChI is InChI=1S/C26H29NO2/c1-16-7-6-8-19(10-16)21-13-24(29)27(20-11-17(2)9-18(3)12-20)22-14-26(4,5)15-23(28)25(21)22/h6-12,21H,13-15H2,1-5H3. The maximum atomic E-state index is 13.4. The molecule has 1 amide bonds. The van der Waals surface area contributed by atoms with Gasteiger partial charge in [-0.1, -0.05) is 49.7 Å². The van der Waals surface area contributed by atoms with Gasteiger partial charge in [0, 0.05) is 35.7 Å². The molecule has 1 aliphatic heterocycles. The van der Waals surface area contributed by atoms with Gasteiger partial charge < -0.3 is 0 Å². The van der Waals surface area contributed by atoms with Gasteiger partial charge in [-0.25, -0.2) is 0 Å². The van der Waals surface area contributed by atoms with Crippen LogP contribution in [0.5, 0.6) is 0 Å². The number of Topliss-reactive ketones (excluding diaryl/α,β-unsaturated/α-hetero) is 1. The summed E-state index contributed by atoms with van der Waals surface area (Å²) >= 11 is 0. The van der Waals surface area contributed by atoms with Crippen LogP contribution >= 0.6 is 0 Å². The lowest BCUT2D eigenvalue weighted by Crippen LogP contribution is -2.43. The summed E-state index contributed by atoms with van der Waals surface area (Å²) < 4.78 is 0. The third-order valence-corrected chi connectivity index (χ3v) is 6.05. The molecule has 0 N–H and O–H groups in total. The summed E-state index contributed by atoms with van der Waals surface area (Å²) in [5, 5.41) is 0. The summed E-state index contributed by atoms with van der Waals surface area (Å²) in [6.45, 7) is 10.4. The van der Waals surface area contributed by atoms with Crippen molar-refractivity contribution in [3.8, 4) is 0 Å². The zero-order valence-electron chi connectivity index (χ0n) is 18.0. The Morgan fingerprint density at radius 3 is 2.24 bits per heavy atom. The quantitative estimate of drug-likeness (QED) is 0.655. The molecule has 2 aromatic carbocycles. The van der Waals surface area contributed by atoms with E-state index in [2.05, 4.69) is 57.2 Å². The minimum absolute atomic E-state index is 0.0748. The van der Waals surface area contributed by atoms with E-state index in [1.807, 2.05) is 24.8 Å². The minimum Gasteiger partial charge on any atom is -0.294 e. The Hall–Kier alpha value is -2.68. The van der Waals surface area contributed by atoms with E-state index < -0.39 is 0 Å². The fourth-order valence-corrected chi connectivity index (χ4v) is 4.97. The van der Waals surface area contributed by atoms with Crippen LogP contribution in [0.4, 0.5) is 5.69 Å². The van der Waals surface area contributed by atoms with Crippen LogP contribution in [0, 0.1) is 26.2 Å². The van der Waals surface area contributed by atoms with E-state index in [4.69, 9.17) is 0 Å². The molecule has 0 saturated carbocycles. The second-order valence-electron chi connectivity index (χ2n) is 9.55. The molecule has 0 radical (unpaired) electrons. The number of hydrogen-bond donors (Lipinski definition) is 0. The first-order valence-electron chi connectivity index (χ1n) is 10.4. The lowest BCUT2D eigenvalue weighted by Gasteiger charge is -2.43. The molecule has 0 fully saturated rings. The number of rotatable bonds is 2. The SMILES string of the molecule is Cc1cccc(C2CC(=O)N(c3cc(C)cc(C)c3)C3=C2C(=O)CC(C)(C)C3)c1. The first-order valence-corrected chi connectivity index (χ1v) is 10.4. The number of ketones is 1. The summed E-state index contributed by atoms with van der Waals surface area (Å²) in [5.41, 5.74) is 6.94. The van der Waals surface area contributed by atoms with Crippen LogP contribution in [-0.4, -0.2) is 11.7 Å². The first-order chi connectivity index (χ1) is 13.6. The van der Waals surface area contributed by atoms with Gasteiger partial charge in [-0.05, 0) is 61.4 Å². The molecule has 1 aliphatic carbocycles. The Morgan fingerprint density at radius 2 is 1.59 bits per heavy atom. The van der Waals surface area contributed by atoms with Gasteiger partial charge >= 0.3 is 0 Å². The highest BCUT2D eigenvalue weighted by Crippen LogP contribution is 2.48. The van der Waals surface area contributed by atoms with Gasteiger partial charge in [-0.2, -0.15) is 0 Å². The Bertz CT molecular complexity index is 1020. The average molecular weight is 388 g/mol. The van der Waals surface area contributed by atoms with Crippen molar-refractivity contribution in [3.63, 3.8) is 0 Å². The smallest absolute Gasteiger partial charge is 0.232 e. The van der Waals surface area contributed by atoms with Gasteiger partial charge in [0.15, 0.2) is 5.78 Å². The Balaban J connectivity index is 1.92. The molecule has 0 spiro atoms. The molecule has 1 atom stereocenters. The summed E-state index contributed by atoms with van der Waals surface area (Å²) in [6, 6.07) is 14.4. The molecule has 4 rings (SSSR count). The Kier molecular flexibility index (Phi) is 4.72. The second kappa shape index (κ2) is 6.98. The van der Waals surface area contributed by atoms with Crippen molar-refractivity contribution in [1.29, 1.82) is 0 Å². The summed E-state index contributed by atoms with van der Waals surface area (Å²) in [4.78, 5) is 28.6. The van der Waals surface area contributed by atoms with E-state index in [9.17, 15) is 9.59 Å². The van der Waals surface area contributed by atoms with Crippen LogP contribution in [0.25, 0.3) is 0 Å². The monoisotopic (exact) mass is 387 g/mol. The van der Waals surface area contributed by atoms with E-state index in [0.717, 1.165) is 45.6 Å². The number of anilines is 1. The molecule has 3 heteroatoms. The number of carbonyl (C=O) groups excluding carboxylic acids is 2. The molecule has 0 saturated heterocycles. The summed E-state index contributed by atoms with van der Waals surface area (Å²) in [6.07, 6.45) is 1.60. The van der Waals surface area contributed by atoms with Crippen LogP contribution < -0.4 is 4.90 Å². The molecule has 150 valence electrons. The fraction of sp³-hybridized carbons (Fsp3) is 0.385. The van der Waals surface area contributed by atoms with E-state index in [0.29, 0.717) is 12.8 Å². The van der Waals surface area contributed by atoms with Crippen LogP contribution in [0.15, 0.2) is 53.7 Å². The number of aryl methyl sites for hydroxylation is 3. The van der Waals surface area contributed by atoms with E-state index >= 15 is 0 Å². The van der Waals surface area contributed by atoms with Crippen LogP contribution in [0.1, 0.15) is 61.3 Å². The molecule has 1 heterocycles. The predicted octanol–water partition coefficient (Wildman–Crippen LogP) is 5.78. The highest BCUT2D eigenvalue weighted by molar-refractivity contribution is 6.07. The molecule has 29 heavy (non-hydrogen) atoms. The number of amides is 1. The normalized spacial score (nSPS) is 21.4. The summed E-state index contributed by atoms with van der Waals surface area (Å²) in [5.74, 6) is 0.110. The predicted molar refractivity (Wildman–Crippen MR) is 117 cm³/mol. The highest BCUT2D eigenvalue weighted by Gasteiger charge is 2.44. The van der Waals surface area contributed by atoms with Crippen molar-refractivity contribution in [2.45, 2.75) is 59.8 Å². The molecular formula is C26H29NO2. The Morgan fingerprint density at radius 1 is 0.897 bits per heavy atom. The number of benzene rings is 2. The summed E-state index contributed by atoms with van der Waals surface area (Å²) in [7, 11) is 0. The average Bonchev–Trinajstić information content (AvgIpc) is 2.58. The highest BCUT2D eigenvalue weighted by atomic mass is 16.2. The van der Waals surface area contributed by atoms with Gasteiger partial charge in [0.1, 0.15) is 0 Å². The molecule has 1 unspecified atom stereocenters. The Labute approximate surface area is 173 Å². The van der Waals surface area contributed by atoms with Gasteiger partial charge in [0.25, 0.3) is 0 Å². The molecule has 3 nitrogen and oxygen atoms in total. The zero-order valence-corrected chi connectivity index (χ0v) is 18.0. The van der Waals surface area contributed by atoms with Gasteiger partial charge in [0.05, 0.1) is 0 Å². The third-order valence-electron chi connectivity index (χ3n) is 6.05. The van der Waals surface area contributed by atoms with Crippen molar-refractivity contribution < 1.29 is 9.59 Å². The van der Waals surface area contributed by atoms with E-state index in [-0.39, 0.29) is 23.0 Å². The number of hydrogen-bond acceptors (Lipinski definition) is 2. The van der Waals surface area contributed by atoms with Crippen LogP contribution in [0.2, 0.25) is 0 Å².